The van der Waals surface area contributed by atoms with E-state index >= 15 is 0 Å². The number of carbonyl (C=O) groups excluding carboxylic acids is 1. The Morgan fingerprint density at radius 1 is 1.15 bits per heavy atom. The summed E-state index contributed by atoms with van der Waals surface area (Å²) >= 11 is 0. The lowest BCUT2D eigenvalue weighted by Crippen LogP contribution is -2.31. The second-order valence-corrected chi connectivity index (χ2v) is 6.89. The minimum Gasteiger partial charge on any atom is -0.356 e. The highest BCUT2D eigenvalue weighted by molar-refractivity contribution is 5.89. The second-order valence-electron chi connectivity index (χ2n) is 6.89. The molecule has 1 aliphatic heterocycles. The highest BCUT2D eigenvalue weighted by Gasteiger charge is 2.25. The molecule has 2 aromatic rings. The Morgan fingerprint density at radius 3 is 2.73 bits per heavy atom. The number of anilines is 2. The minimum absolute atomic E-state index is 0.123. The number of amides is 1. The second kappa shape index (κ2) is 7.23. The van der Waals surface area contributed by atoms with Gasteiger partial charge in [0, 0.05) is 31.1 Å². The average molecular weight is 354 g/mol. The molecule has 1 N–H and O–H groups in total. The van der Waals surface area contributed by atoms with E-state index in [-0.39, 0.29) is 18.0 Å². The van der Waals surface area contributed by atoms with Gasteiger partial charge in [-0.3, -0.25) is 9.59 Å². The quantitative estimate of drug-likeness (QED) is 0.875. The monoisotopic (exact) mass is 354 g/mol. The Balaban J connectivity index is 1.43. The molecule has 2 aromatic heterocycles. The van der Waals surface area contributed by atoms with Gasteiger partial charge in [-0.15, -0.1) is 0 Å². The Kier molecular flexibility index (Phi) is 4.64. The molecule has 2 aliphatic rings. The molecule has 1 amide bonds. The van der Waals surface area contributed by atoms with Crippen molar-refractivity contribution in [3.05, 3.63) is 40.6 Å². The van der Waals surface area contributed by atoms with Crippen LogP contribution in [0.25, 0.3) is 0 Å². The first kappa shape index (κ1) is 16.7. The highest BCUT2D eigenvalue weighted by Crippen LogP contribution is 2.38. The average Bonchev–Trinajstić information content (AvgIpc) is 3.50. The maximum Gasteiger partial charge on any atom is 0.267 e. The summed E-state index contributed by atoms with van der Waals surface area (Å²) in [5.41, 5.74) is 0.605. The number of aromatic nitrogens is 4. The van der Waals surface area contributed by atoms with Gasteiger partial charge in [0.15, 0.2) is 0 Å². The molecular weight excluding hydrogens is 332 g/mol. The zero-order valence-corrected chi connectivity index (χ0v) is 14.6. The van der Waals surface area contributed by atoms with Crippen LogP contribution in [0.5, 0.6) is 0 Å². The van der Waals surface area contributed by atoms with Crippen LogP contribution in [0, 0.1) is 0 Å². The van der Waals surface area contributed by atoms with Gasteiger partial charge in [-0.1, -0.05) is 0 Å². The summed E-state index contributed by atoms with van der Waals surface area (Å²) in [7, 11) is 0. The molecule has 26 heavy (non-hydrogen) atoms. The molecule has 1 saturated carbocycles. The first-order valence-corrected chi connectivity index (χ1v) is 9.14. The zero-order chi connectivity index (χ0) is 17.9. The summed E-state index contributed by atoms with van der Waals surface area (Å²) in [6, 6.07) is 5.01. The molecule has 136 valence electrons. The smallest absolute Gasteiger partial charge is 0.267 e. The van der Waals surface area contributed by atoms with Gasteiger partial charge < -0.3 is 10.2 Å². The third-order valence-corrected chi connectivity index (χ3v) is 4.78. The van der Waals surface area contributed by atoms with E-state index in [0.717, 1.165) is 50.3 Å². The fourth-order valence-corrected chi connectivity index (χ4v) is 3.20. The SMILES string of the molecule is O=C(Cn1nc(C2CC2)ccc1=O)Nc1cc(N2CCCCC2)ncn1. The van der Waals surface area contributed by atoms with E-state index in [9.17, 15) is 9.59 Å². The Hall–Kier alpha value is -2.77. The van der Waals surface area contributed by atoms with Gasteiger partial charge in [0.2, 0.25) is 5.91 Å². The van der Waals surface area contributed by atoms with Crippen molar-refractivity contribution in [3.8, 4) is 0 Å². The lowest BCUT2D eigenvalue weighted by molar-refractivity contribution is -0.117. The number of carbonyl (C=O) groups is 1. The van der Waals surface area contributed by atoms with E-state index in [1.54, 1.807) is 12.1 Å². The summed E-state index contributed by atoms with van der Waals surface area (Å²) in [5, 5.41) is 7.05. The molecule has 0 spiro atoms. The highest BCUT2D eigenvalue weighted by atomic mass is 16.2. The number of nitrogens with zero attached hydrogens (tertiary/aromatic N) is 5. The molecule has 1 saturated heterocycles. The summed E-state index contributed by atoms with van der Waals surface area (Å²) < 4.78 is 1.22. The van der Waals surface area contributed by atoms with Crippen LogP contribution in [0.15, 0.2) is 29.3 Å². The first-order chi connectivity index (χ1) is 12.7. The van der Waals surface area contributed by atoms with Crippen molar-refractivity contribution in [2.75, 3.05) is 23.3 Å². The van der Waals surface area contributed by atoms with E-state index in [0.29, 0.717) is 11.7 Å². The molecule has 2 fully saturated rings. The van der Waals surface area contributed by atoms with Crippen molar-refractivity contribution in [3.63, 3.8) is 0 Å². The number of hydrogen-bond acceptors (Lipinski definition) is 6. The van der Waals surface area contributed by atoms with Gasteiger partial charge >= 0.3 is 0 Å². The van der Waals surface area contributed by atoms with E-state index < -0.39 is 0 Å². The fourth-order valence-electron chi connectivity index (χ4n) is 3.20. The molecule has 0 aromatic carbocycles. The molecule has 4 rings (SSSR count). The standard InChI is InChI=1S/C18H22N6O2/c25-17(11-24-18(26)7-6-14(22-24)13-4-5-13)21-15-10-16(20-12-19-15)23-8-2-1-3-9-23/h6-7,10,12-13H,1-5,8-9,11H2,(H,19,20,21,25). The zero-order valence-electron chi connectivity index (χ0n) is 14.6. The van der Waals surface area contributed by atoms with E-state index in [4.69, 9.17) is 0 Å². The van der Waals surface area contributed by atoms with Crippen LogP contribution in [0.1, 0.15) is 43.7 Å². The van der Waals surface area contributed by atoms with Crippen LogP contribution in [0.2, 0.25) is 0 Å². The lowest BCUT2D eigenvalue weighted by atomic mass is 10.1. The van der Waals surface area contributed by atoms with Crippen LogP contribution in [-0.4, -0.2) is 38.7 Å². The number of nitrogens with one attached hydrogen (secondary N) is 1. The number of piperidine rings is 1. The largest absolute Gasteiger partial charge is 0.356 e. The normalized spacial score (nSPS) is 17.2. The predicted molar refractivity (Wildman–Crippen MR) is 97.2 cm³/mol. The molecule has 0 atom stereocenters. The van der Waals surface area contributed by atoms with Gasteiger partial charge in [-0.05, 0) is 38.2 Å². The topological polar surface area (TPSA) is 93.0 Å². The number of hydrogen-bond donors (Lipinski definition) is 1. The Morgan fingerprint density at radius 2 is 1.96 bits per heavy atom. The van der Waals surface area contributed by atoms with Gasteiger partial charge in [0.25, 0.3) is 5.56 Å². The molecule has 3 heterocycles. The van der Waals surface area contributed by atoms with Crippen molar-refractivity contribution in [1.29, 1.82) is 0 Å². The summed E-state index contributed by atoms with van der Waals surface area (Å²) in [5.74, 6) is 1.37. The van der Waals surface area contributed by atoms with Crippen molar-refractivity contribution in [2.24, 2.45) is 0 Å². The molecule has 0 radical (unpaired) electrons. The fraction of sp³-hybridized carbons (Fsp3) is 0.500. The van der Waals surface area contributed by atoms with Crippen molar-refractivity contribution in [2.45, 2.75) is 44.6 Å². The first-order valence-electron chi connectivity index (χ1n) is 9.14. The van der Waals surface area contributed by atoms with E-state index in [1.807, 2.05) is 0 Å². The van der Waals surface area contributed by atoms with Crippen LogP contribution < -0.4 is 15.8 Å². The van der Waals surface area contributed by atoms with Crippen molar-refractivity contribution < 1.29 is 4.79 Å². The van der Waals surface area contributed by atoms with Gasteiger partial charge in [-0.2, -0.15) is 5.10 Å². The van der Waals surface area contributed by atoms with Gasteiger partial charge in [0.05, 0.1) is 5.69 Å². The maximum absolute atomic E-state index is 12.3. The van der Waals surface area contributed by atoms with Crippen molar-refractivity contribution in [1.82, 2.24) is 19.7 Å². The third-order valence-electron chi connectivity index (χ3n) is 4.78. The molecule has 8 heteroatoms. The maximum atomic E-state index is 12.3. The molecule has 1 aliphatic carbocycles. The lowest BCUT2D eigenvalue weighted by Gasteiger charge is -2.27. The molecule has 0 bridgehead atoms. The Bertz CT molecular complexity index is 855. The van der Waals surface area contributed by atoms with Crippen LogP contribution in [0.3, 0.4) is 0 Å². The Labute approximate surface area is 151 Å². The number of rotatable bonds is 5. The summed E-state index contributed by atoms with van der Waals surface area (Å²) in [4.78, 5) is 34.9. The third kappa shape index (κ3) is 3.89. The predicted octanol–water partition coefficient (Wildman–Crippen LogP) is 1.54. The van der Waals surface area contributed by atoms with Crippen molar-refractivity contribution >= 4 is 17.5 Å². The van der Waals surface area contributed by atoms with E-state index in [2.05, 4.69) is 25.3 Å². The van der Waals surface area contributed by atoms with Crippen LogP contribution in [0.4, 0.5) is 11.6 Å². The van der Waals surface area contributed by atoms with Crippen LogP contribution in [-0.2, 0) is 11.3 Å². The van der Waals surface area contributed by atoms with Crippen LogP contribution >= 0.6 is 0 Å². The van der Waals surface area contributed by atoms with E-state index in [1.165, 1.54) is 23.5 Å². The molecule has 8 nitrogen and oxygen atoms in total. The molecule has 0 unspecified atom stereocenters. The minimum atomic E-state index is -0.323. The van der Waals surface area contributed by atoms with Gasteiger partial charge in [-0.25, -0.2) is 14.6 Å². The summed E-state index contributed by atoms with van der Waals surface area (Å²) in [6.45, 7) is 1.82. The molecular formula is C18H22N6O2. The summed E-state index contributed by atoms with van der Waals surface area (Å²) in [6.07, 6.45) is 7.19. The van der Waals surface area contributed by atoms with Gasteiger partial charge in [0.1, 0.15) is 24.5 Å².